The monoisotopic (exact) mass is 513 g/mol. The number of ether oxygens (including phenoxy) is 2. The van der Waals surface area contributed by atoms with Gasteiger partial charge in [0.25, 0.3) is 0 Å². The molecule has 1 aliphatic heterocycles. The molecule has 2 aromatic heterocycles. The molecule has 3 aromatic rings. The second-order valence-corrected chi connectivity index (χ2v) is 8.61. The van der Waals surface area contributed by atoms with Crippen molar-refractivity contribution in [1.29, 1.82) is 0 Å². The standard InChI is InChI=1S/C25H25ClFN5O4/c1-31(15-25(34)35-2)8-6-24(33)30-23-12-17(5-7-28-23)32-9-10-36-22-14-29-20(13-21(22)32)18-11-16(26)3-4-19(18)27/h3-5,7,11-14H,6,8-10,15H2,1-2H3,(H,28,30,33). The van der Waals surface area contributed by atoms with Crippen LogP contribution in [0, 0.1) is 5.82 Å². The van der Waals surface area contributed by atoms with Crippen LogP contribution in [0.1, 0.15) is 6.42 Å². The Bertz CT molecular complexity index is 1270. The molecule has 188 valence electrons. The van der Waals surface area contributed by atoms with Gasteiger partial charge in [-0.3, -0.25) is 19.5 Å². The number of anilines is 3. The van der Waals surface area contributed by atoms with Gasteiger partial charge in [0.15, 0.2) is 5.75 Å². The van der Waals surface area contributed by atoms with E-state index in [-0.39, 0.29) is 30.4 Å². The minimum Gasteiger partial charge on any atom is -0.488 e. The van der Waals surface area contributed by atoms with Crippen molar-refractivity contribution in [3.63, 3.8) is 0 Å². The average Bonchev–Trinajstić information content (AvgIpc) is 2.88. The maximum Gasteiger partial charge on any atom is 0.319 e. The number of nitrogens with zero attached hydrogens (tertiary/aromatic N) is 4. The first kappa shape index (κ1) is 25.3. The summed E-state index contributed by atoms with van der Waals surface area (Å²) in [4.78, 5) is 36.1. The number of halogens is 2. The maximum absolute atomic E-state index is 14.5. The fourth-order valence-corrected chi connectivity index (χ4v) is 3.92. The van der Waals surface area contributed by atoms with Gasteiger partial charge in [0.1, 0.15) is 18.2 Å². The van der Waals surface area contributed by atoms with Crippen LogP contribution in [0.3, 0.4) is 0 Å². The summed E-state index contributed by atoms with van der Waals surface area (Å²) in [6, 6.07) is 9.64. The first-order valence-electron chi connectivity index (χ1n) is 11.2. The molecule has 0 saturated carbocycles. The highest BCUT2D eigenvalue weighted by Crippen LogP contribution is 2.39. The quantitative estimate of drug-likeness (QED) is 0.453. The molecule has 3 heterocycles. The molecule has 1 aromatic carbocycles. The summed E-state index contributed by atoms with van der Waals surface area (Å²) in [6.07, 6.45) is 3.34. The maximum atomic E-state index is 14.5. The summed E-state index contributed by atoms with van der Waals surface area (Å²) in [5, 5.41) is 3.20. The Balaban J connectivity index is 1.51. The minimum absolute atomic E-state index is 0.101. The molecule has 1 amide bonds. The van der Waals surface area contributed by atoms with Crippen molar-refractivity contribution in [3.8, 4) is 17.0 Å². The van der Waals surface area contributed by atoms with E-state index >= 15 is 0 Å². The molecule has 0 unspecified atom stereocenters. The van der Waals surface area contributed by atoms with Crippen LogP contribution < -0.4 is 15.0 Å². The van der Waals surface area contributed by atoms with Crippen LogP contribution in [0.5, 0.6) is 5.75 Å². The van der Waals surface area contributed by atoms with E-state index in [4.69, 9.17) is 16.3 Å². The number of carbonyl (C=O) groups excluding carboxylic acids is 2. The van der Waals surface area contributed by atoms with E-state index in [0.29, 0.717) is 47.7 Å². The molecule has 9 nitrogen and oxygen atoms in total. The highest BCUT2D eigenvalue weighted by atomic mass is 35.5. The number of benzene rings is 1. The zero-order chi connectivity index (χ0) is 25.7. The van der Waals surface area contributed by atoms with Crippen molar-refractivity contribution in [3.05, 3.63) is 59.6 Å². The Kier molecular flexibility index (Phi) is 7.97. The second kappa shape index (κ2) is 11.3. The van der Waals surface area contributed by atoms with E-state index in [0.717, 1.165) is 5.69 Å². The van der Waals surface area contributed by atoms with Gasteiger partial charge in [0.2, 0.25) is 5.91 Å². The molecule has 1 N–H and O–H groups in total. The number of nitrogens with one attached hydrogen (secondary N) is 1. The Morgan fingerprint density at radius 3 is 2.89 bits per heavy atom. The van der Waals surface area contributed by atoms with Gasteiger partial charge in [-0.2, -0.15) is 0 Å². The number of amides is 1. The Morgan fingerprint density at radius 1 is 1.25 bits per heavy atom. The van der Waals surface area contributed by atoms with Crippen molar-refractivity contribution >= 4 is 40.7 Å². The van der Waals surface area contributed by atoms with Gasteiger partial charge in [-0.15, -0.1) is 0 Å². The number of hydrogen-bond donors (Lipinski definition) is 1. The van der Waals surface area contributed by atoms with Crippen molar-refractivity contribution in [1.82, 2.24) is 14.9 Å². The minimum atomic E-state index is -0.429. The van der Waals surface area contributed by atoms with Gasteiger partial charge in [-0.05, 0) is 37.4 Å². The number of fused-ring (bicyclic) bond motifs is 1. The number of rotatable bonds is 8. The lowest BCUT2D eigenvalue weighted by atomic mass is 10.1. The number of aromatic nitrogens is 2. The normalized spacial score (nSPS) is 12.6. The number of pyridine rings is 2. The molecule has 4 rings (SSSR count). The summed E-state index contributed by atoms with van der Waals surface area (Å²) in [7, 11) is 3.05. The van der Waals surface area contributed by atoms with E-state index in [1.165, 1.54) is 25.3 Å². The Hall–Kier alpha value is -3.76. The summed E-state index contributed by atoms with van der Waals surface area (Å²) in [5.74, 6) is -0.0859. The predicted molar refractivity (Wildman–Crippen MR) is 134 cm³/mol. The molecular formula is C25H25ClFN5O4. The number of carbonyl (C=O) groups is 2. The lowest BCUT2D eigenvalue weighted by molar-refractivity contribution is -0.141. The van der Waals surface area contributed by atoms with Crippen LogP contribution in [-0.2, 0) is 14.3 Å². The molecule has 0 spiro atoms. The summed E-state index contributed by atoms with van der Waals surface area (Å²) in [5.41, 5.74) is 2.19. The number of hydrogen-bond acceptors (Lipinski definition) is 8. The average molecular weight is 514 g/mol. The fraction of sp³-hybridized carbons (Fsp3) is 0.280. The van der Waals surface area contributed by atoms with Crippen LogP contribution in [0.4, 0.5) is 21.6 Å². The van der Waals surface area contributed by atoms with E-state index < -0.39 is 5.82 Å². The summed E-state index contributed by atoms with van der Waals surface area (Å²) in [6.45, 7) is 1.44. The first-order valence-corrected chi connectivity index (χ1v) is 11.6. The molecule has 36 heavy (non-hydrogen) atoms. The summed E-state index contributed by atoms with van der Waals surface area (Å²) >= 11 is 6.07. The topological polar surface area (TPSA) is 96.9 Å². The van der Waals surface area contributed by atoms with Gasteiger partial charge in [-0.25, -0.2) is 9.37 Å². The number of esters is 1. The third-order valence-corrected chi connectivity index (χ3v) is 5.82. The highest BCUT2D eigenvalue weighted by molar-refractivity contribution is 6.30. The van der Waals surface area contributed by atoms with Crippen LogP contribution in [0.15, 0.2) is 48.8 Å². The van der Waals surface area contributed by atoms with Gasteiger partial charge >= 0.3 is 5.97 Å². The zero-order valence-electron chi connectivity index (χ0n) is 19.8. The highest BCUT2D eigenvalue weighted by Gasteiger charge is 2.22. The molecule has 0 aliphatic carbocycles. The first-order chi connectivity index (χ1) is 17.3. The molecule has 0 saturated heterocycles. The Morgan fingerprint density at radius 2 is 2.08 bits per heavy atom. The lowest BCUT2D eigenvalue weighted by Gasteiger charge is -2.31. The van der Waals surface area contributed by atoms with E-state index in [1.807, 2.05) is 11.0 Å². The second-order valence-electron chi connectivity index (χ2n) is 8.17. The third-order valence-electron chi connectivity index (χ3n) is 5.58. The van der Waals surface area contributed by atoms with Crippen LogP contribution in [0.25, 0.3) is 11.3 Å². The van der Waals surface area contributed by atoms with E-state index in [2.05, 4.69) is 20.0 Å². The molecule has 1 aliphatic rings. The smallest absolute Gasteiger partial charge is 0.319 e. The third kappa shape index (κ3) is 6.07. The van der Waals surface area contributed by atoms with Crippen molar-refractivity contribution in [2.75, 3.05) is 50.6 Å². The van der Waals surface area contributed by atoms with Crippen LogP contribution in [-0.4, -0.2) is 67.1 Å². The molecule has 11 heteroatoms. The van der Waals surface area contributed by atoms with Gasteiger partial charge in [0, 0.05) is 41.5 Å². The molecule has 0 fully saturated rings. The molecule has 0 radical (unpaired) electrons. The van der Waals surface area contributed by atoms with Gasteiger partial charge < -0.3 is 19.7 Å². The van der Waals surface area contributed by atoms with E-state index in [1.54, 1.807) is 36.5 Å². The molecule has 0 bridgehead atoms. The zero-order valence-corrected chi connectivity index (χ0v) is 20.6. The van der Waals surface area contributed by atoms with Gasteiger partial charge in [0.05, 0.1) is 37.8 Å². The fourth-order valence-electron chi connectivity index (χ4n) is 3.75. The van der Waals surface area contributed by atoms with Crippen molar-refractivity contribution < 1.29 is 23.5 Å². The van der Waals surface area contributed by atoms with Crippen LogP contribution in [0.2, 0.25) is 5.02 Å². The number of methoxy groups -OCH3 is 1. The van der Waals surface area contributed by atoms with Gasteiger partial charge in [-0.1, -0.05) is 11.6 Å². The lowest BCUT2D eigenvalue weighted by Crippen LogP contribution is -2.30. The largest absolute Gasteiger partial charge is 0.488 e. The van der Waals surface area contributed by atoms with Crippen molar-refractivity contribution in [2.24, 2.45) is 0 Å². The molecular weight excluding hydrogens is 489 g/mol. The Labute approximate surface area is 212 Å². The van der Waals surface area contributed by atoms with Crippen molar-refractivity contribution in [2.45, 2.75) is 6.42 Å². The predicted octanol–water partition coefficient (Wildman–Crippen LogP) is 3.90. The van der Waals surface area contributed by atoms with E-state index in [9.17, 15) is 14.0 Å². The van der Waals surface area contributed by atoms with Crippen LogP contribution >= 0.6 is 11.6 Å². The number of likely N-dealkylation sites (N-methyl/N-ethyl adjacent to an activating group) is 1. The summed E-state index contributed by atoms with van der Waals surface area (Å²) < 4.78 is 24.8. The SMILES string of the molecule is COC(=O)CN(C)CCC(=O)Nc1cc(N2CCOc3cnc(-c4cc(Cl)ccc4F)cc32)ccn1. The molecule has 0 atom stereocenters.